The molecular formula is C50H46Cl2N4O7. The van der Waals surface area contributed by atoms with Gasteiger partial charge in [0.2, 0.25) is 0 Å². The van der Waals surface area contributed by atoms with E-state index in [4.69, 9.17) is 42.1 Å². The number of aryl methyl sites for hydroxylation is 2. The average Bonchev–Trinajstić information content (AvgIpc) is 3.29. The van der Waals surface area contributed by atoms with Gasteiger partial charge in [-0.2, -0.15) is 10.5 Å². The molecule has 63 heavy (non-hydrogen) atoms. The topological polar surface area (TPSA) is 168 Å². The minimum Gasteiger partial charge on any atom is -0.488 e. The fourth-order valence-electron chi connectivity index (χ4n) is 7.14. The van der Waals surface area contributed by atoms with Crippen LogP contribution in [0.15, 0.2) is 97.6 Å². The molecule has 0 unspecified atom stereocenters. The van der Waals surface area contributed by atoms with Gasteiger partial charge in [-0.3, -0.25) is 14.8 Å². The molecule has 11 nitrogen and oxygen atoms in total. The molecule has 6 aromatic rings. The summed E-state index contributed by atoms with van der Waals surface area (Å²) in [7, 11) is 0. The first-order valence-corrected chi connectivity index (χ1v) is 21.1. The molecule has 0 saturated heterocycles. The minimum atomic E-state index is -0.983. The summed E-state index contributed by atoms with van der Waals surface area (Å²) in [6.45, 7) is 6.70. The predicted molar refractivity (Wildman–Crippen MR) is 240 cm³/mol. The van der Waals surface area contributed by atoms with Crippen LogP contribution >= 0.6 is 23.2 Å². The van der Waals surface area contributed by atoms with Gasteiger partial charge in [0.1, 0.15) is 61.6 Å². The van der Waals surface area contributed by atoms with Crippen LogP contribution in [0.3, 0.4) is 0 Å². The van der Waals surface area contributed by atoms with Crippen molar-refractivity contribution in [2.24, 2.45) is 5.92 Å². The zero-order chi connectivity index (χ0) is 44.9. The van der Waals surface area contributed by atoms with Crippen LogP contribution in [0.4, 0.5) is 0 Å². The standard InChI is InChI=1S/C50H46Cl2N4O7/c1-4-37-17-44(51)48(19-46(37)60-27-35-15-33(21-53)23-55-25-35)62-29-40-7-5-9-42(31(40)2)43-10-6-8-41(32(43)3)30-63-49-20-47(61-28-36-16-34(22-54)24-56-26-36)39(18-45(49)52)12-11-38(13-14-57)50(58)59/h5-10,15-20,23-26,38,57H,4,11-14,27-30H2,1-3H3,(H,58,59)/t38-/m1/s1. The average molecular weight is 886 g/mol. The Hall–Kier alpha value is -6.63. The molecular weight excluding hydrogens is 839 g/mol. The summed E-state index contributed by atoms with van der Waals surface area (Å²) in [4.78, 5) is 20.1. The Balaban J connectivity index is 1.19. The van der Waals surface area contributed by atoms with E-state index in [1.165, 1.54) is 12.4 Å². The second-order valence-electron chi connectivity index (χ2n) is 14.9. The summed E-state index contributed by atoms with van der Waals surface area (Å²) >= 11 is 13.5. The third-order valence-electron chi connectivity index (χ3n) is 10.8. The second-order valence-corrected chi connectivity index (χ2v) is 15.8. The zero-order valence-electron chi connectivity index (χ0n) is 35.2. The predicted octanol–water partition coefficient (Wildman–Crippen LogP) is 10.7. The molecule has 0 fully saturated rings. The summed E-state index contributed by atoms with van der Waals surface area (Å²) in [6, 6.07) is 26.9. The number of rotatable bonds is 20. The van der Waals surface area contributed by atoms with E-state index in [1.54, 1.807) is 36.7 Å². The van der Waals surface area contributed by atoms with Crippen molar-refractivity contribution in [1.82, 2.24) is 9.97 Å². The van der Waals surface area contributed by atoms with Crippen molar-refractivity contribution in [1.29, 1.82) is 10.5 Å². The highest BCUT2D eigenvalue weighted by molar-refractivity contribution is 6.32. The van der Waals surface area contributed by atoms with Gasteiger partial charge in [-0.25, -0.2) is 0 Å². The maximum Gasteiger partial charge on any atom is 0.306 e. The summed E-state index contributed by atoms with van der Waals surface area (Å²) in [6.07, 6.45) is 7.69. The fraction of sp³-hybridized carbons (Fsp3) is 0.260. The number of carbonyl (C=O) groups is 1. The van der Waals surface area contributed by atoms with Crippen LogP contribution in [0.25, 0.3) is 11.1 Å². The molecule has 0 aliphatic carbocycles. The van der Waals surface area contributed by atoms with E-state index >= 15 is 0 Å². The Kier molecular flexibility index (Phi) is 16.0. The third-order valence-corrected chi connectivity index (χ3v) is 11.4. The SMILES string of the molecule is CCc1cc(Cl)c(OCc2cccc(-c3cccc(COc4cc(OCc5cncc(C#N)c5)c(CC[C@H](CCO)C(=O)O)cc4Cl)c3C)c2C)cc1OCc1cncc(C#N)c1. The van der Waals surface area contributed by atoms with Gasteiger partial charge in [0, 0.05) is 54.7 Å². The summed E-state index contributed by atoms with van der Waals surface area (Å²) in [5.41, 5.74) is 9.98. The molecule has 4 aromatic carbocycles. The number of halogens is 2. The molecule has 2 N–H and O–H groups in total. The Morgan fingerprint density at radius 1 is 0.651 bits per heavy atom. The maximum atomic E-state index is 11.8. The largest absolute Gasteiger partial charge is 0.488 e. The third kappa shape index (κ3) is 11.8. The number of nitrogens with zero attached hydrogens (tertiary/aromatic N) is 4. The van der Waals surface area contributed by atoms with Gasteiger partial charge in [0.05, 0.1) is 27.1 Å². The molecule has 0 amide bonds. The van der Waals surface area contributed by atoms with Crippen molar-refractivity contribution in [2.75, 3.05) is 6.61 Å². The smallest absolute Gasteiger partial charge is 0.306 e. The highest BCUT2D eigenvalue weighted by Crippen LogP contribution is 2.38. The molecule has 0 spiro atoms. The lowest BCUT2D eigenvalue weighted by Crippen LogP contribution is -2.16. The molecule has 0 saturated carbocycles. The van der Waals surface area contributed by atoms with E-state index in [0.29, 0.717) is 68.1 Å². The lowest BCUT2D eigenvalue weighted by atomic mass is 9.92. The van der Waals surface area contributed by atoms with E-state index in [1.807, 2.05) is 50.2 Å². The van der Waals surface area contributed by atoms with Gasteiger partial charge in [-0.15, -0.1) is 0 Å². The highest BCUT2D eigenvalue weighted by atomic mass is 35.5. The Bertz CT molecular complexity index is 2680. The molecule has 0 radical (unpaired) electrons. The highest BCUT2D eigenvalue weighted by Gasteiger charge is 2.20. The van der Waals surface area contributed by atoms with Crippen LogP contribution in [0, 0.1) is 42.4 Å². The number of ether oxygens (including phenoxy) is 4. The Morgan fingerprint density at radius 3 is 1.59 bits per heavy atom. The lowest BCUT2D eigenvalue weighted by Gasteiger charge is -2.19. The molecule has 0 aliphatic rings. The Morgan fingerprint density at radius 2 is 1.13 bits per heavy atom. The van der Waals surface area contributed by atoms with Crippen LogP contribution in [0.1, 0.15) is 75.4 Å². The molecule has 322 valence electrons. The monoisotopic (exact) mass is 884 g/mol. The van der Waals surface area contributed by atoms with Gasteiger partial charge >= 0.3 is 5.97 Å². The number of aliphatic hydroxyl groups is 1. The van der Waals surface area contributed by atoms with Gasteiger partial charge in [-0.05, 0) is 108 Å². The van der Waals surface area contributed by atoms with Crippen LogP contribution in [0.5, 0.6) is 23.0 Å². The first-order valence-electron chi connectivity index (χ1n) is 20.4. The number of nitriles is 2. The van der Waals surface area contributed by atoms with Gasteiger partial charge < -0.3 is 29.2 Å². The molecule has 0 aliphatic heterocycles. The van der Waals surface area contributed by atoms with Crippen molar-refractivity contribution in [3.63, 3.8) is 0 Å². The zero-order valence-corrected chi connectivity index (χ0v) is 36.7. The van der Waals surface area contributed by atoms with Crippen molar-refractivity contribution < 1.29 is 34.0 Å². The number of carboxylic acid groups (broad SMARTS) is 1. The molecule has 6 rings (SSSR count). The minimum absolute atomic E-state index is 0.103. The number of aromatic nitrogens is 2. The number of carboxylic acids is 1. The number of pyridine rings is 2. The van der Waals surface area contributed by atoms with E-state index in [0.717, 1.165) is 44.5 Å². The summed E-state index contributed by atoms with van der Waals surface area (Å²) in [5, 5.41) is 38.5. The normalized spacial score (nSPS) is 11.3. The molecule has 13 heteroatoms. The van der Waals surface area contributed by atoms with Crippen molar-refractivity contribution in [2.45, 2.75) is 72.9 Å². The molecule has 1 atom stereocenters. The first-order chi connectivity index (χ1) is 30.5. The summed E-state index contributed by atoms with van der Waals surface area (Å²) in [5.74, 6) is 0.248. The number of hydrogen-bond donors (Lipinski definition) is 2. The van der Waals surface area contributed by atoms with Crippen molar-refractivity contribution >= 4 is 29.2 Å². The molecule has 2 aromatic heterocycles. The van der Waals surface area contributed by atoms with E-state index in [2.05, 4.69) is 41.2 Å². The number of aliphatic hydroxyl groups excluding tert-OH is 1. The summed E-state index contributed by atoms with van der Waals surface area (Å²) < 4.78 is 25.1. The number of aliphatic carboxylic acids is 1. The maximum absolute atomic E-state index is 11.8. The van der Waals surface area contributed by atoms with Gasteiger partial charge in [0.15, 0.2) is 0 Å². The lowest BCUT2D eigenvalue weighted by molar-refractivity contribution is -0.142. The quantitative estimate of drug-likeness (QED) is 0.0748. The number of hydrogen-bond acceptors (Lipinski definition) is 10. The first kappa shape index (κ1) is 45.9. The van der Waals surface area contributed by atoms with Crippen LogP contribution in [0.2, 0.25) is 10.0 Å². The molecule has 0 bridgehead atoms. The number of benzene rings is 4. The van der Waals surface area contributed by atoms with Gasteiger partial charge in [-0.1, -0.05) is 66.5 Å². The van der Waals surface area contributed by atoms with Crippen molar-refractivity contribution in [3.8, 4) is 46.3 Å². The molecule has 2 heterocycles. The second kappa shape index (κ2) is 21.9. The fourth-order valence-corrected chi connectivity index (χ4v) is 7.62. The Labute approximate surface area is 377 Å². The van der Waals surface area contributed by atoms with E-state index < -0.39 is 11.9 Å². The van der Waals surface area contributed by atoms with Crippen LogP contribution in [-0.2, 0) is 44.1 Å². The van der Waals surface area contributed by atoms with Crippen LogP contribution in [-0.4, -0.2) is 32.8 Å². The van der Waals surface area contributed by atoms with Crippen molar-refractivity contribution in [3.05, 3.63) is 163 Å². The van der Waals surface area contributed by atoms with Crippen LogP contribution < -0.4 is 18.9 Å². The van der Waals surface area contributed by atoms with Gasteiger partial charge in [0.25, 0.3) is 0 Å². The van der Waals surface area contributed by atoms with E-state index in [-0.39, 0.29) is 45.9 Å². The van der Waals surface area contributed by atoms with E-state index in [9.17, 15) is 25.5 Å².